The number of rotatable bonds is 4. The standard InChI is InChI=1S/C40H39N4O.Pt/c1-39(2,3)27-15-18-36-37(22-27)43(7)25-44(36,26-43)29-20-28(40(4,5)6)21-31(23-29)45-30-16-17-33-32-12-8-9-13-34(32)42(35(33)24-30)38-14-10-11-19-41-38;/h8-22,25H,26H2,1-7H3;/q-1;/t43-,44+;/m0./s1. The third-order valence-electron chi connectivity index (χ3n) is 9.57. The summed E-state index contributed by atoms with van der Waals surface area (Å²) in [4.78, 5) is 4.67. The van der Waals surface area contributed by atoms with Crippen molar-refractivity contribution in [2.24, 2.45) is 0 Å². The van der Waals surface area contributed by atoms with E-state index in [9.17, 15) is 0 Å². The molecule has 0 spiro atoms. The average molecular weight is 787 g/mol. The molecule has 5 heterocycles. The minimum Gasteiger partial charge on any atom is -0.509 e. The fourth-order valence-electron chi connectivity index (χ4n) is 7.16. The number of nitrogens with zero attached hydrogens (tertiary/aromatic N) is 4. The minimum atomic E-state index is -0.0684. The molecule has 0 unspecified atom stereocenters. The summed E-state index contributed by atoms with van der Waals surface area (Å²) in [5, 5.41) is 2.28. The first-order chi connectivity index (χ1) is 21.4. The Labute approximate surface area is 286 Å². The van der Waals surface area contributed by atoms with E-state index in [1.807, 2.05) is 30.5 Å². The quantitative estimate of drug-likeness (QED) is 0.132. The van der Waals surface area contributed by atoms with Gasteiger partial charge < -0.3 is 18.3 Å². The van der Waals surface area contributed by atoms with Crippen LogP contribution in [0.3, 0.4) is 0 Å². The number of quaternary nitrogens is 2. The number of para-hydroxylation sites is 1. The van der Waals surface area contributed by atoms with Crippen molar-refractivity contribution in [3.63, 3.8) is 0 Å². The zero-order valence-corrected chi connectivity index (χ0v) is 29.7. The number of hydrogen-bond acceptors (Lipinski definition) is 2. The van der Waals surface area contributed by atoms with Crippen LogP contribution in [-0.2, 0) is 31.9 Å². The molecular formula is C40H39N4OPt-. The van der Waals surface area contributed by atoms with Crippen LogP contribution in [0.1, 0.15) is 52.7 Å². The van der Waals surface area contributed by atoms with E-state index in [-0.39, 0.29) is 31.9 Å². The number of aromatic nitrogens is 2. The molecule has 3 aliphatic rings. The SMILES string of the molecule is CC(C)(C)c1cc(Oc2[c-]c3c(cc2)c2ccccc2n3-c2ccccn2)[c-]c([N@@+]23[CH-][N@@+](C)(C2)c2cc(C(C)(C)C)ccc23)c1.[Pt]. The molecule has 1 fully saturated rings. The molecule has 0 N–H and O–H groups in total. The van der Waals surface area contributed by atoms with Crippen molar-refractivity contribution in [2.75, 3.05) is 13.7 Å². The molecule has 0 saturated carbocycles. The van der Waals surface area contributed by atoms with Crippen molar-refractivity contribution >= 4 is 38.9 Å². The molecule has 9 rings (SSSR count). The van der Waals surface area contributed by atoms with Gasteiger partial charge in [0.25, 0.3) is 0 Å². The van der Waals surface area contributed by atoms with Crippen LogP contribution in [0.15, 0.2) is 91.1 Å². The van der Waals surface area contributed by atoms with E-state index in [2.05, 4.69) is 138 Å². The van der Waals surface area contributed by atoms with Crippen molar-refractivity contribution in [1.29, 1.82) is 0 Å². The van der Waals surface area contributed by atoms with Crippen LogP contribution in [0.25, 0.3) is 27.6 Å². The van der Waals surface area contributed by atoms with Gasteiger partial charge in [0.15, 0.2) is 18.0 Å². The monoisotopic (exact) mass is 786 g/mol. The Hall–Kier alpha value is -3.76. The van der Waals surface area contributed by atoms with E-state index in [1.54, 1.807) is 0 Å². The van der Waals surface area contributed by atoms with Gasteiger partial charge in [0, 0.05) is 62.1 Å². The summed E-state index contributed by atoms with van der Waals surface area (Å²) < 4.78 is 10.3. The first-order valence-corrected chi connectivity index (χ1v) is 15.7. The third kappa shape index (κ3) is 4.67. The van der Waals surface area contributed by atoms with Gasteiger partial charge in [0.2, 0.25) is 0 Å². The van der Waals surface area contributed by atoms with E-state index >= 15 is 0 Å². The maximum atomic E-state index is 6.67. The first kappa shape index (κ1) is 30.9. The van der Waals surface area contributed by atoms with Crippen LogP contribution in [0.5, 0.6) is 11.5 Å². The van der Waals surface area contributed by atoms with Gasteiger partial charge in [0.05, 0.1) is 13.7 Å². The number of hydrogen-bond donors (Lipinski definition) is 0. The summed E-state index contributed by atoms with van der Waals surface area (Å²) in [7, 11) is 2.31. The first-order valence-electron chi connectivity index (χ1n) is 15.7. The molecule has 4 aromatic carbocycles. The maximum Gasteiger partial charge on any atom is 0.179 e. The molecule has 2 bridgehead atoms. The second kappa shape index (κ2) is 10.4. The van der Waals surface area contributed by atoms with E-state index in [4.69, 9.17) is 4.74 Å². The van der Waals surface area contributed by atoms with Crippen molar-refractivity contribution in [2.45, 2.75) is 52.4 Å². The molecule has 2 atom stereocenters. The fraction of sp³-hybridized carbons (Fsp3) is 0.250. The van der Waals surface area contributed by atoms with Crippen molar-refractivity contribution in [3.05, 3.63) is 121 Å². The number of fused-ring (bicyclic) bond motifs is 3. The van der Waals surface area contributed by atoms with Crippen LogP contribution in [0.2, 0.25) is 0 Å². The number of ether oxygens (including phenoxy) is 1. The Kier molecular flexibility index (Phi) is 6.96. The molecule has 46 heavy (non-hydrogen) atoms. The smallest absolute Gasteiger partial charge is 0.179 e. The van der Waals surface area contributed by atoms with Crippen molar-refractivity contribution in [3.8, 4) is 17.3 Å². The predicted molar refractivity (Wildman–Crippen MR) is 185 cm³/mol. The molecule has 0 aliphatic carbocycles. The van der Waals surface area contributed by atoms with Gasteiger partial charge >= 0.3 is 0 Å². The van der Waals surface area contributed by atoms with E-state index in [0.29, 0.717) is 16.0 Å². The van der Waals surface area contributed by atoms with Crippen LogP contribution < -0.4 is 13.7 Å². The van der Waals surface area contributed by atoms with Gasteiger partial charge in [-0.25, -0.2) is 4.98 Å². The van der Waals surface area contributed by atoms with Crippen molar-refractivity contribution in [1.82, 2.24) is 18.5 Å². The number of pyridine rings is 1. The van der Waals surface area contributed by atoms with Crippen LogP contribution in [-0.4, -0.2) is 23.3 Å². The molecule has 6 heteroatoms. The average Bonchev–Trinajstić information content (AvgIpc) is 3.55. The van der Waals surface area contributed by atoms with Gasteiger partial charge in [-0.15, -0.1) is 35.2 Å². The molecule has 6 aromatic rings. The Morgan fingerprint density at radius 2 is 1.50 bits per heavy atom. The normalized spacial score (nSPS) is 20.3. The molecular weight excluding hydrogens is 748 g/mol. The molecule has 5 nitrogen and oxygen atoms in total. The zero-order valence-electron chi connectivity index (χ0n) is 27.5. The maximum absolute atomic E-state index is 6.67. The summed E-state index contributed by atoms with van der Waals surface area (Å²) in [6.45, 7) is 17.0. The Balaban J connectivity index is 0.00000338. The van der Waals surface area contributed by atoms with Gasteiger partial charge in [0.1, 0.15) is 5.82 Å². The van der Waals surface area contributed by atoms with Gasteiger partial charge in [-0.2, -0.15) is 6.07 Å². The summed E-state index contributed by atoms with van der Waals surface area (Å²) in [6, 6.07) is 37.4. The Morgan fingerprint density at radius 1 is 0.761 bits per heavy atom. The summed E-state index contributed by atoms with van der Waals surface area (Å²) >= 11 is 0. The zero-order chi connectivity index (χ0) is 31.4. The second-order valence-electron chi connectivity index (χ2n) is 14.9. The van der Waals surface area contributed by atoms with E-state index < -0.39 is 0 Å². The summed E-state index contributed by atoms with van der Waals surface area (Å²) in [6.07, 6.45) is 1.83. The van der Waals surface area contributed by atoms with E-state index in [1.165, 1.54) is 22.5 Å². The van der Waals surface area contributed by atoms with E-state index in [0.717, 1.165) is 44.5 Å². The molecule has 1 saturated heterocycles. The predicted octanol–water partition coefficient (Wildman–Crippen LogP) is 9.84. The molecule has 0 amide bonds. The molecule has 2 aromatic heterocycles. The van der Waals surface area contributed by atoms with Gasteiger partial charge in [-0.1, -0.05) is 83.5 Å². The van der Waals surface area contributed by atoms with Gasteiger partial charge in [-0.3, -0.25) is 0 Å². The fourth-order valence-corrected chi connectivity index (χ4v) is 7.16. The number of benzene rings is 4. The molecule has 0 radical (unpaired) electrons. The van der Waals surface area contributed by atoms with Crippen LogP contribution in [0.4, 0.5) is 17.1 Å². The van der Waals surface area contributed by atoms with Crippen molar-refractivity contribution < 1.29 is 25.8 Å². The molecule has 236 valence electrons. The van der Waals surface area contributed by atoms with Crippen LogP contribution in [0, 0.1) is 18.8 Å². The van der Waals surface area contributed by atoms with Gasteiger partial charge in [-0.05, 0) is 40.0 Å². The molecule has 3 aliphatic heterocycles. The van der Waals surface area contributed by atoms with Crippen LogP contribution >= 0.6 is 0 Å². The minimum absolute atomic E-state index is 0. The summed E-state index contributed by atoms with van der Waals surface area (Å²) in [5.74, 6) is 2.21. The Morgan fingerprint density at radius 3 is 2.22 bits per heavy atom. The topological polar surface area (TPSA) is 27.1 Å². The Bertz CT molecular complexity index is 2130. The summed E-state index contributed by atoms with van der Waals surface area (Å²) in [5.41, 5.74) is 8.46. The third-order valence-corrected chi connectivity index (χ3v) is 9.57. The second-order valence-corrected chi connectivity index (χ2v) is 14.9. The largest absolute Gasteiger partial charge is 0.509 e.